The van der Waals surface area contributed by atoms with Gasteiger partial charge in [0, 0.05) is 18.2 Å². The lowest BCUT2D eigenvalue weighted by Crippen LogP contribution is -2.41. The highest BCUT2D eigenvalue weighted by Gasteiger charge is 2.39. The number of amides is 2. The summed E-state index contributed by atoms with van der Waals surface area (Å²) in [5.41, 5.74) is 5.22. The zero-order chi connectivity index (χ0) is 25.2. The lowest BCUT2D eigenvalue weighted by atomic mass is 9.87. The van der Waals surface area contributed by atoms with Crippen molar-refractivity contribution in [2.24, 2.45) is 5.92 Å². The first kappa shape index (κ1) is 23.9. The molecule has 0 unspecified atom stereocenters. The standard InChI is InChI=1S/C30H32N2O4/c1-19-5-4-6-23(17-19)28-27-18-26(12-9-21(27)15-16-32(28)30(34)22-7-8-22)36-20(2)29(33)31-24-10-13-25(35-3)14-11-24/h4-6,9-14,17-18,20,22,28H,7-8,15-16H2,1-3H3,(H,31,33)/t20-,28-/m0/s1. The van der Waals surface area contributed by atoms with Gasteiger partial charge >= 0.3 is 0 Å². The molecule has 1 fully saturated rings. The lowest BCUT2D eigenvalue weighted by molar-refractivity contribution is -0.134. The highest BCUT2D eigenvalue weighted by Crippen LogP contribution is 2.41. The molecule has 3 aromatic carbocycles. The Balaban J connectivity index is 1.38. The van der Waals surface area contributed by atoms with Gasteiger partial charge in [-0.1, -0.05) is 35.9 Å². The zero-order valence-corrected chi connectivity index (χ0v) is 21.0. The normalized spacial score (nSPS) is 17.6. The number of rotatable bonds is 7. The fourth-order valence-electron chi connectivity index (χ4n) is 4.84. The van der Waals surface area contributed by atoms with Gasteiger partial charge < -0.3 is 19.7 Å². The Bertz CT molecular complexity index is 1270. The second-order valence-corrected chi connectivity index (χ2v) is 9.71. The molecule has 186 valence electrons. The second kappa shape index (κ2) is 10.1. The fourth-order valence-corrected chi connectivity index (χ4v) is 4.84. The van der Waals surface area contributed by atoms with E-state index in [1.54, 1.807) is 38.3 Å². The molecule has 3 aromatic rings. The largest absolute Gasteiger partial charge is 0.497 e. The molecule has 6 heteroatoms. The van der Waals surface area contributed by atoms with Gasteiger partial charge in [0.1, 0.15) is 11.5 Å². The van der Waals surface area contributed by atoms with Crippen molar-refractivity contribution < 1.29 is 19.1 Å². The maximum Gasteiger partial charge on any atom is 0.265 e. The van der Waals surface area contributed by atoms with Crippen LogP contribution in [0.3, 0.4) is 0 Å². The number of anilines is 1. The summed E-state index contributed by atoms with van der Waals surface area (Å²) in [6, 6.07) is 21.4. The number of fused-ring (bicyclic) bond motifs is 1. The number of hydrogen-bond donors (Lipinski definition) is 1. The molecule has 0 saturated heterocycles. The van der Waals surface area contributed by atoms with E-state index < -0.39 is 6.10 Å². The highest BCUT2D eigenvalue weighted by atomic mass is 16.5. The van der Waals surface area contributed by atoms with E-state index in [2.05, 4.69) is 36.5 Å². The molecule has 0 bridgehead atoms. The van der Waals surface area contributed by atoms with Gasteiger partial charge in [0.05, 0.1) is 13.2 Å². The summed E-state index contributed by atoms with van der Waals surface area (Å²) < 4.78 is 11.3. The number of methoxy groups -OCH3 is 1. The van der Waals surface area contributed by atoms with Crippen molar-refractivity contribution in [2.75, 3.05) is 19.0 Å². The summed E-state index contributed by atoms with van der Waals surface area (Å²) in [7, 11) is 1.60. The Morgan fingerprint density at radius 1 is 1.00 bits per heavy atom. The van der Waals surface area contributed by atoms with Crippen LogP contribution in [0.5, 0.6) is 11.5 Å². The summed E-state index contributed by atoms with van der Waals surface area (Å²) in [5.74, 6) is 1.50. The Labute approximate surface area is 212 Å². The van der Waals surface area contributed by atoms with E-state index in [1.807, 2.05) is 23.1 Å². The van der Waals surface area contributed by atoms with Gasteiger partial charge in [-0.2, -0.15) is 0 Å². The van der Waals surface area contributed by atoms with Gasteiger partial charge in [0.25, 0.3) is 5.91 Å². The Kier molecular flexibility index (Phi) is 6.68. The highest BCUT2D eigenvalue weighted by molar-refractivity contribution is 5.94. The van der Waals surface area contributed by atoms with Gasteiger partial charge in [-0.3, -0.25) is 9.59 Å². The maximum atomic E-state index is 13.2. The van der Waals surface area contributed by atoms with E-state index in [0.29, 0.717) is 18.0 Å². The third-order valence-electron chi connectivity index (χ3n) is 6.95. The van der Waals surface area contributed by atoms with Crippen molar-refractivity contribution in [1.29, 1.82) is 0 Å². The number of hydrogen-bond acceptors (Lipinski definition) is 4. The lowest BCUT2D eigenvalue weighted by Gasteiger charge is -2.38. The zero-order valence-electron chi connectivity index (χ0n) is 21.0. The average molecular weight is 485 g/mol. The van der Waals surface area contributed by atoms with E-state index in [0.717, 1.165) is 41.7 Å². The Morgan fingerprint density at radius 3 is 2.44 bits per heavy atom. The monoisotopic (exact) mass is 484 g/mol. The van der Waals surface area contributed by atoms with Gasteiger partial charge in [0.15, 0.2) is 6.10 Å². The minimum atomic E-state index is -0.699. The van der Waals surface area contributed by atoms with Crippen LogP contribution in [-0.4, -0.2) is 36.5 Å². The molecule has 6 nitrogen and oxygen atoms in total. The molecular formula is C30H32N2O4. The topological polar surface area (TPSA) is 67.9 Å². The number of benzene rings is 3. The van der Waals surface area contributed by atoms with Crippen LogP contribution in [0.2, 0.25) is 0 Å². The second-order valence-electron chi connectivity index (χ2n) is 9.71. The van der Waals surface area contributed by atoms with E-state index in [9.17, 15) is 9.59 Å². The van der Waals surface area contributed by atoms with E-state index in [1.165, 1.54) is 5.56 Å². The fraction of sp³-hybridized carbons (Fsp3) is 0.333. The van der Waals surface area contributed by atoms with Crippen molar-refractivity contribution in [3.05, 3.63) is 89.0 Å². The molecule has 0 aromatic heterocycles. The predicted octanol–water partition coefficient (Wildman–Crippen LogP) is 5.29. The average Bonchev–Trinajstić information content (AvgIpc) is 3.73. The molecule has 2 aliphatic rings. The van der Waals surface area contributed by atoms with Crippen LogP contribution in [-0.2, 0) is 16.0 Å². The van der Waals surface area contributed by atoms with Crippen LogP contribution < -0.4 is 14.8 Å². The quantitative estimate of drug-likeness (QED) is 0.495. The summed E-state index contributed by atoms with van der Waals surface area (Å²) in [5, 5.41) is 2.89. The van der Waals surface area contributed by atoms with Crippen molar-refractivity contribution in [1.82, 2.24) is 4.90 Å². The van der Waals surface area contributed by atoms with Crippen LogP contribution >= 0.6 is 0 Å². The molecule has 1 heterocycles. The third-order valence-corrected chi connectivity index (χ3v) is 6.95. The first-order valence-corrected chi connectivity index (χ1v) is 12.5. The number of aryl methyl sites for hydroxylation is 1. The van der Waals surface area contributed by atoms with Gasteiger partial charge in [0.2, 0.25) is 5.91 Å². The molecular weight excluding hydrogens is 452 g/mol. The molecule has 0 radical (unpaired) electrons. The Hall–Kier alpha value is -3.80. The minimum absolute atomic E-state index is 0.153. The van der Waals surface area contributed by atoms with Crippen LogP contribution in [0.1, 0.15) is 48.1 Å². The summed E-state index contributed by atoms with van der Waals surface area (Å²) in [4.78, 5) is 28.1. The number of carbonyl (C=O) groups excluding carboxylic acids is 2. The van der Waals surface area contributed by atoms with Crippen LogP contribution in [0.4, 0.5) is 5.69 Å². The first-order valence-electron chi connectivity index (χ1n) is 12.5. The van der Waals surface area contributed by atoms with E-state index in [-0.39, 0.29) is 23.8 Å². The number of nitrogens with one attached hydrogen (secondary N) is 1. The van der Waals surface area contributed by atoms with Crippen molar-refractivity contribution in [3.8, 4) is 11.5 Å². The molecule has 1 N–H and O–H groups in total. The van der Waals surface area contributed by atoms with Gasteiger partial charge in [-0.05, 0) is 86.2 Å². The summed E-state index contributed by atoms with van der Waals surface area (Å²) in [6.45, 7) is 4.52. The summed E-state index contributed by atoms with van der Waals surface area (Å²) >= 11 is 0. The number of ether oxygens (including phenoxy) is 2. The molecule has 36 heavy (non-hydrogen) atoms. The first-order chi connectivity index (χ1) is 17.4. The van der Waals surface area contributed by atoms with E-state index in [4.69, 9.17) is 9.47 Å². The molecule has 1 aliphatic heterocycles. The predicted molar refractivity (Wildman–Crippen MR) is 139 cm³/mol. The van der Waals surface area contributed by atoms with Gasteiger partial charge in [-0.25, -0.2) is 0 Å². The van der Waals surface area contributed by atoms with Crippen molar-refractivity contribution in [2.45, 2.75) is 45.3 Å². The molecule has 2 amide bonds. The smallest absolute Gasteiger partial charge is 0.265 e. The molecule has 0 spiro atoms. The SMILES string of the molecule is COc1ccc(NC(=O)[C@H](C)Oc2ccc3c(c2)[C@H](c2cccc(C)c2)N(C(=O)C2CC2)CC3)cc1. The van der Waals surface area contributed by atoms with E-state index >= 15 is 0 Å². The summed E-state index contributed by atoms with van der Waals surface area (Å²) in [6.07, 6.45) is 2.07. The molecule has 1 saturated carbocycles. The number of nitrogens with zero attached hydrogens (tertiary/aromatic N) is 1. The molecule has 2 atom stereocenters. The molecule has 5 rings (SSSR count). The Morgan fingerprint density at radius 2 is 1.75 bits per heavy atom. The van der Waals surface area contributed by atoms with Crippen LogP contribution in [0.15, 0.2) is 66.7 Å². The molecule has 1 aliphatic carbocycles. The minimum Gasteiger partial charge on any atom is -0.497 e. The van der Waals surface area contributed by atoms with Crippen molar-refractivity contribution in [3.63, 3.8) is 0 Å². The third kappa shape index (κ3) is 5.08. The maximum absolute atomic E-state index is 13.2. The van der Waals surface area contributed by atoms with Crippen LogP contribution in [0.25, 0.3) is 0 Å². The van der Waals surface area contributed by atoms with Gasteiger partial charge in [-0.15, -0.1) is 0 Å². The van der Waals surface area contributed by atoms with Crippen LogP contribution in [0, 0.1) is 12.8 Å². The number of carbonyl (C=O) groups is 2. The van der Waals surface area contributed by atoms with Crippen molar-refractivity contribution >= 4 is 17.5 Å².